The van der Waals surface area contributed by atoms with E-state index in [1.807, 2.05) is 13.8 Å². The monoisotopic (exact) mass is 422 g/mol. The van der Waals surface area contributed by atoms with E-state index >= 15 is 0 Å². The van der Waals surface area contributed by atoms with Crippen LogP contribution in [0.3, 0.4) is 0 Å². The third-order valence-corrected chi connectivity index (χ3v) is 13.1. The van der Waals surface area contributed by atoms with Crippen molar-refractivity contribution in [3.63, 3.8) is 0 Å². The third kappa shape index (κ3) is 4.12. The first-order chi connectivity index (χ1) is 10.2. The Hall–Kier alpha value is -0.832. The van der Waals surface area contributed by atoms with Crippen molar-refractivity contribution in [1.29, 1.82) is 0 Å². The van der Waals surface area contributed by atoms with Crippen molar-refractivity contribution in [2.75, 3.05) is 5.32 Å². The number of rotatable bonds is 5. The Morgan fingerprint density at radius 1 is 1.32 bits per heavy atom. The summed E-state index contributed by atoms with van der Waals surface area (Å²) in [5.74, 6) is 0.578. The van der Waals surface area contributed by atoms with E-state index in [2.05, 4.69) is 19.7 Å². The molecular formula is C11H15AsN4O3S3. The zero-order chi connectivity index (χ0) is 16.5. The van der Waals surface area contributed by atoms with Crippen molar-refractivity contribution in [3.05, 3.63) is 11.5 Å². The number of aryl methyl sites for hydroxylation is 1. The minimum atomic E-state index is -3.43. The molecule has 1 atom stereocenters. The second kappa shape index (κ2) is 6.74. The average Bonchev–Trinajstić information content (AvgIpc) is 2.95. The van der Waals surface area contributed by atoms with Crippen LogP contribution in [-0.2, 0) is 12.9 Å². The standard InChI is InChI=1S/C11H15AsN4O3S3/c1-5(2)8-15-10(21-16-8)12-22(18,19)9-6(3)13-11(20-9)14-7(4)17/h5,12H,1-4H3,(H,13,14,17). The van der Waals surface area contributed by atoms with Gasteiger partial charge in [0.2, 0.25) is 0 Å². The van der Waals surface area contributed by atoms with Gasteiger partial charge in [-0.3, -0.25) is 0 Å². The molecule has 2 rings (SSSR count). The van der Waals surface area contributed by atoms with E-state index in [9.17, 15) is 13.2 Å². The van der Waals surface area contributed by atoms with Crippen molar-refractivity contribution in [2.24, 2.45) is 0 Å². The second-order valence-electron chi connectivity index (χ2n) is 4.79. The molecule has 0 bridgehead atoms. The topological polar surface area (TPSA) is 102 Å². The Kier molecular flexibility index (Phi) is 5.36. The molecule has 0 aliphatic heterocycles. The Morgan fingerprint density at radius 3 is 2.55 bits per heavy atom. The normalized spacial score (nSPS) is 12.4. The van der Waals surface area contributed by atoms with Crippen LogP contribution < -0.4 is 9.11 Å². The van der Waals surface area contributed by atoms with Gasteiger partial charge in [-0.1, -0.05) is 0 Å². The molecule has 0 saturated carbocycles. The number of hydrogen-bond acceptors (Lipinski definition) is 8. The Balaban J connectivity index is 2.26. The van der Waals surface area contributed by atoms with Crippen molar-refractivity contribution in [1.82, 2.24) is 14.3 Å². The van der Waals surface area contributed by atoms with Gasteiger partial charge in [-0.2, -0.15) is 0 Å². The number of nitrogens with one attached hydrogen (secondary N) is 1. The molecule has 120 valence electrons. The van der Waals surface area contributed by atoms with E-state index in [4.69, 9.17) is 0 Å². The van der Waals surface area contributed by atoms with Gasteiger partial charge in [-0.15, -0.1) is 0 Å². The molecule has 1 amide bonds. The summed E-state index contributed by atoms with van der Waals surface area (Å²) in [7, 11) is -3.43. The van der Waals surface area contributed by atoms with E-state index in [0.717, 1.165) is 22.9 Å². The van der Waals surface area contributed by atoms with Gasteiger partial charge in [0.05, 0.1) is 0 Å². The molecule has 7 nitrogen and oxygen atoms in total. The van der Waals surface area contributed by atoms with Gasteiger partial charge in [-0.05, 0) is 0 Å². The van der Waals surface area contributed by atoms with E-state index in [-0.39, 0.29) is 16.0 Å². The molecule has 2 aromatic heterocycles. The van der Waals surface area contributed by atoms with Crippen LogP contribution in [-0.4, -0.2) is 43.3 Å². The third-order valence-electron chi connectivity index (χ3n) is 2.46. The van der Waals surface area contributed by atoms with Gasteiger partial charge in [0.15, 0.2) is 0 Å². The van der Waals surface area contributed by atoms with Crippen LogP contribution >= 0.6 is 22.9 Å². The van der Waals surface area contributed by atoms with Gasteiger partial charge in [0.25, 0.3) is 0 Å². The molecule has 0 aliphatic carbocycles. The molecule has 0 saturated heterocycles. The minimum absolute atomic E-state index is 0.177. The van der Waals surface area contributed by atoms with Gasteiger partial charge < -0.3 is 0 Å². The van der Waals surface area contributed by atoms with E-state index in [1.165, 1.54) is 6.92 Å². The molecule has 0 spiro atoms. The van der Waals surface area contributed by atoms with Gasteiger partial charge >= 0.3 is 143 Å². The van der Waals surface area contributed by atoms with Crippen LogP contribution in [0.2, 0.25) is 0 Å². The van der Waals surface area contributed by atoms with Crippen LogP contribution in [0.25, 0.3) is 0 Å². The summed E-state index contributed by atoms with van der Waals surface area (Å²) < 4.78 is 30.1. The van der Waals surface area contributed by atoms with Crippen molar-refractivity contribution in [3.8, 4) is 0 Å². The van der Waals surface area contributed by atoms with E-state index < -0.39 is 22.7 Å². The van der Waals surface area contributed by atoms with Crippen LogP contribution in [0.15, 0.2) is 4.21 Å². The van der Waals surface area contributed by atoms with Crippen LogP contribution in [0.5, 0.6) is 0 Å². The SMILES string of the molecule is CC(=O)Nc1nc(C)c(S(=O)(=O)[AsH]c2nc(C(C)C)ns2)s1. The molecule has 0 fully saturated rings. The summed E-state index contributed by atoms with van der Waals surface area (Å²) in [5, 5.41) is 2.81. The van der Waals surface area contributed by atoms with Crippen molar-refractivity contribution in [2.45, 2.75) is 37.8 Å². The van der Waals surface area contributed by atoms with E-state index in [0.29, 0.717) is 20.4 Å². The Bertz CT molecular complexity index is 797. The van der Waals surface area contributed by atoms with Crippen LogP contribution in [0.4, 0.5) is 5.13 Å². The predicted octanol–water partition coefficient (Wildman–Crippen LogP) is 0.836. The summed E-state index contributed by atoms with van der Waals surface area (Å²) in [6, 6.07) is 0. The molecule has 0 aliphatic rings. The molecule has 22 heavy (non-hydrogen) atoms. The van der Waals surface area contributed by atoms with Gasteiger partial charge in [-0.25, -0.2) is 0 Å². The Labute approximate surface area is 142 Å². The van der Waals surface area contributed by atoms with Gasteiger partial charge in [0.1, 0.15) is 0 Å². The summed E-state index contributed by atoms with van der Waals surface area (Å²) in [4.78, 5) is 19.4. The first-order valence-corrected chi connectivity index (χ1v) is 13.0. The molecule has 11 heteroatoms. The molecule has 1 N–H and O–H groups in total. The summed E-state index contributed by atoms with van der Waals surface area (Å²) in [5.41, 5.74) is 0.408. The quantitative estimate of drug-likeness (QED) is 0.717. The predicted molar refractivity (Wildman–Crippen MR) is 89.1 cm³/mol. The first kappa shape index (κ1) is 17.5. The fourth-order valence-corrected chi connectivity index (χ4v) is 12.1. The number of nitrogens with zero attached hydrogens (tertiary/aromatic N) is 3. The number of thiazole rings is 1. The number of carbonyl (C=O) groups excluding carboxylic acids is 1. The summed E-state index contributed by atoms with van der Waals surface area (Å²) in [6.07, 6.45) is 0. The maximum atomic E-state index is 12.6. The fraction of sp³-hybridized carbons (Fsp3) is 0.455. The number of amides is 1. The molecule has 1 unspecified atom stereocenters. The average molecular weight is 422 g/mol. The van der Waals surface area contributed by atoms with Gasteiger partial charge in [0, 0.05) is 0 Å². The molecular weight excluding hydrogens is 407 g/mol. The molecule has 0 radical (unpaired) electrons. The van der Waals surface area contributed by atoms with Crippen LogP contribution in [0.1, 0.15) is 38.2 Å². The maximum absolute atomic E-state index is 12.6. The van der Waals surface area contributed by atoms with Crippen LogP contribution in [0, 0.1) is 6.92 Å². The zero-order valence-electron chi connectivity index (χ0n) is 12.4. The number of carbonyl (C=O) groups is 1. The molecule has 2 aromatic rings. The van der Waals surface area contributed by atoms with Crippen molar-refractivity contribution >= 4 is 60.4 Å². The zero-order valence-corrected chi connectivity index (χ0v) is 16.9. The first-order valence-electron chi connectivity index (χ1n) is 6.30. The molecule has 0 aromatic carbocycles. The second-order valence-corrected chi connectivity index (χ2v) is 14.8. The summed E-state index contributed by atoms with van der Waals surface area (Å²) >= 11 is 0.628. The van der Waals surface area contributed by atoms with Crippen molar-refractivity contribution < 1.29 is 13.2 Å². The number of aromatic nitrogens is 3. The molecule has 2 heterocycles. The Morgan fingerprint density at radius 2 is 2.00 bits per heavy atom. The number of hydrogen-bond donors (Lipinski definition) is 1. The summed E-state index contributed by atoms with van der Waals surface area (Å²) in [6.45, 7) is 6.91. The number of anilines is 1. The van der Waals surface area contributed by atoms with E-state index in [1.54, 1.807) is 6.92 Å². The fourth-order valence-electron chi connectivity index (χ4n) is 1.51.